The summed E-state index contributed by atoms with van der Waals surface area (Å²) in [6.07, 6.45) is 5.86. The predicted molar refractivity (Wildman–Crippen MR) is 123 cm³/mol. The largest absolute Gasteiger partial charge is 0.480 e. The van der Waals surface area contributed by atoms with Crippen LogP contribution in [-0.4, -0.2) is 57.2 Å². The fourth-order valence-corrected chi connectivity index (χ4v) is 8.95. The lowest BCUT2D eigenvalue weighted by Crippen LogP contribution is -2.62. The van der Waals surface area contributed by atoms with Gasteiger partial charge in [0.15, 0.2) is 0 Å². The molecule has 0 aromatic carbocycles. The summed E-state index contributed by atoms with van der Waals surface area (Å²) in [5.74, 6) is 0.265. The zero-order chi connectivity index (χ0) is 24.1. The topological polar surface area (TPSA) is 127 Å². The number of aliphatic carboxylic acids is 1. The number of carboxylic acids is 1. The van der Waals surface area contributed by atoms with Crippen LogP contribution in [0.2, 0.25) is 0 Å². The number of carbonyl (C=O) groups is 2. The van der Waals surface area contributed by atoms with Gasteiger partial charge in [0.2, 0.25) is 5.91 Å². The number of aliphatic hydroxyl groups excluding tert-OH is 3. The quantitative estimate of drug-likeness (QED) is 0.410. The molecule has 4 aliphatic rings. The molecule has 4 fully saturated rings. The number of hydrogen-bond donors (Lipinski definition) is 5. The van der Waals surface area contributed by atoms with Gasteiger partial charge in [-0.2, -0.15) is 0 Å². The Morgan fingerprint density at radius 3 is 2.45 bits per heavy atom. The molecule has 0 heterocycles. The van der Waals surface area contributed by atoms with E-state index >= 15 is 0 Å². The van der Waals surface area contributed by atoms with Gasteiger partial charge in [0, 0.05) is 6.42 Å². The van der Waals surface area contributed by atoms with Gasteiger partial charge in [-0.05, 0) is 97.7 Å². The molecule has 0 saturated heterocycles. The molecule has 33 heavy (non-hydrogen) atoms. The Kier molecular flexibility index (Phi) is 6.89. The van der Waals surface area contributed by atoms with Crippen LogP contribution in [0.25, 0.3) is 0 Å². The third kappa shape index (κ3) is 4.23. The van der Waals surface area contributed by atoms with Crippen molar-refractivity contribution in [1.29, 1.82) is 0 Å². The molecule has 7 heteroatoms. The van der Waals surface area contributed by atoms with Gasteiger partial charge >= 0.3 is 5.97 Å². The van der Waals surface area contributed by atoms with Crippen molar-refractivity contribution >= 4 is 11.9 Å². The van der Waals surface area contributed by atoms with E-state index in [0.717, 1.165) is 38.5 Å². The first-order valence-electron chi connectivity index (χ1n) is 13.0. The molecule has 0 aromatic heterocycles. The van der Waals surface area contributed by atoms with E-state index in [1.807, 2.05) is 0 Å². The van der Waals surface area contributed by atoms with Gasteiger partial charge in [-0.1, -0.05) is 20.8 Å². The maximum atomic E-state index is 12.0. The van der Waals surface area contributed by atoms with Gasteiger partial charge in [0.25, 0.3) is 0 Å². The normalized spacial score (nSPS) is 47.7. The van der Waals surface area contributed by atoms with Crippen LogP contribution in [0.15, 0.2) is 0 Å². The van der Waals surface area contributed by atoms with E-state index in [9.17, 15) is 24.9 Å². The molecule has 0 spiro atoms. The molecule has 5 unspecified atom stereocenters. The number of fused-ring (bicyclic) bond motifs is 5. The minimum Gasteiger partial charge on any atom is -0.480 e. The number of rotatable bonds is 6. The van der Waals surface area contributed by atoms with Crippen LogP contribution >= 0.6 is 0 Å². The Bertz CT molecular complexity index is 759. The van der Waals surface area contributed by atoms with Crippen molar-refractivity contribution in [1.82, 2.24) is 5.32 Å². The third-order valence-electron chi connectivity index (χ3n) is 10.8. The summed E-state index contributed by atoms with van der Waals surface area (Å²) in [5.41, 5.74) is -0.214. The predicted octanol–water partition coefficient (Wildman–Crippen LogP) is 2.56. The van der Waals surface area contributed by atoms with Crippen LogP contribution in [0.5, 0.6) is 0 Å². The highest BCUT2D eigenvalue weighted by molar-refractivity contribution is 5.81. The number of nitrogens with one attached hydrogen (secondary N) is 1. The van der Waals surface area contributed by atoms with E-state index < -0.39 is 12.1 Å². The molecular weight excluding hydrogens is 422 g/mol. The van der Waals surface area contributed by atoms with Crippen molar-refractivity contribution in [3.8, 4) is 0 Å². The van der Waals surface area contributed by atoms with Crippen LogP contribution in [0.3, 0.4) is 0 Å². The molecule has 4 rings (SSSR count). The molecule has 0 aliphatic heterocycles. The maximum Gasteiger partial charge on any atom is 0.322 e. The van der Waals surface area contributed by atoms with E-state index in [1.165, 1.54) is 0 Å². The fourth-order valence-electron chi connectivity index (χ4n) is 8.95. The summed E-state index contributed by atoms with van der Waals surface area (Å²) in [5, 5.41) is 44.4. The highest BCUT2D eigenvalue weighted by atomic mass is 16.4. The summed E-state index contributed by atoms with van der Waals surface area (Å²) in [6, 6.07) is 0. The SMILES string of the molecule is C[C@H](CCC(=O)NCC(=O)O)[C@H]1CCC2C3C(O)CC4C[C@H](O)CC[C@]4(C)C3C[C@H](O)[C@@]21C. The number of amides is 1. The molecule has 1 amide bonds. The first kappa shape index (κ1) is 24.9. The van der Waals surface area contributed by atoms with Crippen LogP contribution < -0.4 is 5.32 Å². The van der Waals surface area contributed by atoms with Crippen LogP contribution in [0.1, 0.15) is 78.6 Å². The summed E-state index contributed by atoms with van der Waals surface area (Å²) in [6.45, 7) is 6.35. The van der Waals surface area contributed by atoms with Crippen LogP contribution in [-0.2, 0) is 9.59 Å². The van der Waals surface area contributed by atoms with E-state index in [1.54, 1.807) is 0 Å². The molecule has 7 nitrogen and oxygen atoms in total. The van der Waals surface area contributed by atoms with Gasteiger partial charge in [-0.15, -0.1) is 0 Å². The first-order chi connectivity index (χ1) is 15.5. The van der Waals surface area contributed by atoms with Gasteiger partial charge in [-0.25, -0.2) is 0 Å². The standard InChI is InChI=1S/C26H43NO6/c1-14(4-7-22(31)27-13-23(32)33)17-5-6-18-24-19(12-21(30)26(17,18)3)25(2)9-8-16(28)10-15(25)11-20(24)29/h14-21,24,28-30H,4-13H2,1-3H3,(H,27,31)(H,32,33)/t14-,15?,16-,17-,18?,19?,20?,21+,24?,25+,26-/m1/s1. The molecule has 0 aromatic rings. The monoisotopic (exact) mass is 465 g/mol. The fraction of sp³-hybridized carbons (Fsp3) is 0.923. The van der Waals surface area contributed by atoms with Gasteiger partial charge < -0.3 is 25.7 Å². The van der Waals surface area contributed by atoms with Crippen molar-refractivity contribution in [2.45, 2.75) is 96.9 Å². The second kappa shape index (κ2) is 9.12. The molecule has 188 valence electrons. The third-order valence-corrected chi connectivity index (χ3v) is 10.8. The van der Waals surface area contributed by atoms with E-state index in [-0.39, 0.29) is 65.1 Å². The lowest BCUT2D eigenvalue weighted by Gasteiger charge is -2.63. The number of aliphatic hydroxyl groups is 3. The van der Waals surface area contributed by atoms with Crippen molar-refractivity contribution in [2.24, 2.45) is 46.3 Å². The first-order valence-corrected chi connectivity index (χ1v) is 13.0. The van der Waals surface area contributed by atoms with Gasteiger partial charge in [0.1, 0.15) is 6.54 Å². The Balaban J connectivity index is 1.49. The zero-order valence-electron chi connectivity index (χ0n) is 20.4. The van der Waals surface area contributed by atoms with E-state index in [4.69, 9.17) is 5.11 Å². The lowest BCUT2D eigenvalue weighted by molar-refractivity contribution is -0.207. The van der Waals surface area contributed by atoms with Gasteiger partial charge in [0.05, 0.1) is 18.3 Å². The Labute approximate surface area is 197 Å². The van der Waals surface area contributed by atoms with Crippen molar-refractivity contribution in [3.05, 3.63) is 0 Å². The minimum absolute atomic E-state index is 0.0668. The molecule has 4 saturated carbocycles. The summed E-state index contributed by atoms with van der Waals surface area (Å²) in [7, 11) is 0. The lowest BCUT2D eigenvalue weighted by atomic mass is 9.43. The van der Waals surface area contributed by atoms with E-state index in [2.05, 4.69) is 26.1 Å². The molecule has 0 bridgehead atoms. The second-order valence-corrected chi connectivity index (χ2v) is 12.2. The minimum atomic E-state index is -1.04. The van der Waals surface area contributed by atoms with Crippen molar-refractivity contribution in [3.63, 3.8) is 0 Å². The smallest absolute Gasteiger partial charge is 0.322 e. The Morgan fingerprint density at radius 1 is 1.03 bits per heavy atom. The summed E-state index contributed by atoms with van der Waals surface area (Å²) < 4.78 is 0. The molecule has 11 atom stereocenters. The second-order valence-electron chi connectivity index (χ2n) is 12.2. The van der Waals surface area contributed by atoms with Crippen molar-refractivity contribution in [2.75, 3.05) is 6.54 Å². The van der Waals surface area contributed by atoms with Crippen LogP contribution in [0, 0.1) is 46.3 Å². The Morgan fingerprint density at radius 2 is 1.76 bits per heavy atom. The summed E-state index contributed by atoms with van der Waals surface area (Å²) >= 11 is 0. The zero-order valence-corrected chi connectivity index (χ0v) is 20.4. The van der Waals surface area contributed by atoms with Crippen LogP contribution in [0.4, 0.5) is 0 Å². The number of hydrogen-bond acceptors (Lipinski definition) is 5. The summed E-state index contributed by atoms with van der Waals surface area (Å²) in [4.78, 5) is 22.7. The highest BCUT2D eigenvalue weighted by Crippen LogP contribution is 2.68. The average molecular weight is 466 g/mol. The average Bonchev–Trinajstić information content (AvgIpc) is 3.11. The highest BCUT2D eigenvalue weighted by Gasteiger charge is 2.65. The van der Waals surface area contributed by atoms with Crippen molar-refractivity contribution < 1.29 is 30.0 Å². The van der Waals surface area contributed by atoms with E-state index in [0.29, 0.717) is 25.2 Å². The van der Waals surface area contributed by atoms with Gasteiger partial charge in [-0.3, -0.25) is 9.59 Å². The molecular formula is C26H43NO6. The molecule has 5 N–H and O–H groups in total. The Hall–Kier alpha value is -1.18. The number of carboxylic acid groups (broad SMARTS) is 1. The molecule has 4 aliphatic carbocycles. The molecule has 0 radical (unpaired) electrons. The number of carbonyl (C=O) groups excluding carboxylic acids is 1. The maximum absolute atomic E-state index is 12.0.